The Labute approximate surface area is 85.2 Å². The summed E-state index contributed by atoms with van der Waals surface area (Å²) in [4.78, 5) is 4.35. The zero-order valence-electron chi connectivity index (χ0n) is 9.04. The van der Waals surface area contributed by atoms with Crippen LogP contribution in [-0.4, -0.2) is 22.2 Å². The molecule has 1 aromatic heterocycles. The molecule has 0 fully saturated rings. The molecule has 0 atom stereocenters. The molecule has 0 aliphatic heterocycles. The summed E-state index contributed by atoms with van der Waals surface area (Å²) in [6.45, 7) is 6.25. The van der Waals surface area contributed by atoms with Crippen LogP contribution in [0.25, 0.3) is 0 Å². The summed E-state index contributed by atoms with van der Waals surface area (Å²) >= 11 is 0. The smallest absolute Gasteiger partial charge is 0.126 e. The zero-order valence-corrected chi connectivity index (χ0v) is 9.04. The minimum absolute atomic E-state index is 0.116. The lowest BCUT2D eigenvalue weighted by atomic mass is 10.0. The predicted octanol–water partition coefficient (Wildman–Crippen LogP) is 1.96. The molecule has 14 heavy (non-hydrogen) atoms. The average Bonchev–Trinajstić information content (AvgIpc) is 2.02. The predicted molar refractivity (Wildman–Crippen MR) is 58.4 cm³/mol. The van der Waals surface area contributed by atoms with Crippen LogP contribution in [0.2, 0.25) is 0 Å². The second-order valence-electron chi connectivity index (χ2n) is 4.15. The maximum atomic E-state index is 8.87. The number of nitrogens with one attached hydrogen (secondary N) is 1. The van der Waals surface area contributed by atoms with Gasteiger partial charge in [0.15, 0.2) is 0 Å². The van der Waals surface area contributed by atoms with Crippen LogP contribution in [0.15, 0.2) is 18.2 Å². The van der Waals surface area contributed by atoms with Gasteiger partial charge in [-0.05, 0) is 39.3 Å². The number of aromatic nitrogens is 1. The quantitative estimate of drug-likeness (QED) is 0.770. The summed E-state index contributed by atoms with van der Waals surface area (Å²) in [6.07, 6.45) is 0.711. The van der Waals surface area contributed by atoms with E-state index in [2.05, 4.69) is 10.3 Å². The summed E-state index contributed by atoms with van der Waals surface area (Å²) in [5.74, 6) is 0.864. The topological polar surface area (TPSA) is 45.1 Å². The van der Waals surface area contributed by atoms with Crippen LogP contribution in [-0.2, 0) is 0 Å². The van der Waals surface area contributed by atoms with Crippen molar-refractivity contribution >= 4 is 5.82 Å². The first kappa shape index (κ1) is 11.0. The van der Waals surface area contributed by atoms with E-state index in [0.29, 0.717) is 6.42 Å². The van der Waals surface area contributed by atoms with Crippen molar-refractivity contribution in [2.24, 2.45) is 0 Å². The summed E-state index contributed by atoms with van der Waals surface area (Å²) in [7, 11) is 0. The number of hydrogen-bond donors (Lipinski definition) is 2. The molecular formula is C11H18N2O. The first-order valence-corrected chi connectivity index (χ1v) is 4.86. The second kappa shape index (κ2) is 4.42. The number of aliphatic hydroxyl groups is 1. The van der Waals surface area contributed by atoms with Crippen molar-refractivity contribution in [2.75, 3.05) is 11.9 Å². The van der Waals surface area contributed by atoms with Crippen molar-refractivity contribution in [2.45, 2.75) is 32.7 Å². The molecule has 0 aliphatic rings. The van der Waals surface area contributed by atoms with Gasteiger partial charge in [0.2, 0.25) is 0 Å². The van der Waals surface area contributed by atoms with E-state index >= 15 is 0 Å². The van der Waals surface area contributed by atoms with E-state index in [-0.39, 0.29) is 12.1 Å². The third-order valence-electron chi connectivity index (χ3n) is 2.09. The Morgan fingerprint density at radius 1 is 1.43 bits per heavy atom. The van der Waals surface area contributed by atoms with Gasteiger partial charge in [-0.2, -0.15) is 0 Å². The molecule has 0 bridgehead atoms. The largest absolute Gasteiger partial charge is 0.396 e. The molecule has 0 amide bonds. The van der Waals surface area contributed by atoms with Gasteiger partial charge < -0.3 is 10.4 Å². The zero-order chi connectivity index (χ0) is 10.6. The molecule has 78 valence electrons. The monoisotopic (exact) mass is 194 g/mol. The second-order valence-corrected chi connectivity index (χ2v) is 4.15. The minimum atomic E-state index is -0.116. The van der Waals surface area contributed by atoms with Crippen molar-refractivity contribution in [3.05, 3.63) is 23.9 Å². The summed E-state index contributed by atoms with van der Waals surface area (Å²) in [6, 6.07) is 5.87. The van der Waals surface area contributed by atoms with E-state index < -0.39 is 0 Å². The van der Waals surface area contributed by atoms with E-state index in [0.717, 1.165) is 11.5 Å². The number of nitrogens with zero attached hydrogens (tertiary/aromatic N) is 1. The van der Waals surface area contributed by atoms with Gasteiger partial charge in [-0.3, -0.25) is 0 Å². The first-order valence-electron chi connectivity index (χ1n) is 4.86. The number of aryl methyl sites for hydroxylation is 1. The molecule has 0 saturated heterocycles. The maximum absolute atomic E-state index is 8.87. The molecular weight excluding hydrogens is 176 g/mol. The highest BCUT2D eigenvalue weighted by molar-refractivity contribution is 5.37. The Hall–Kier alpha value is -1.09. The molecule has 2 N–H and O–H groups in total. The molecule has 1 rings (SSSR count). The van der Waals surface area contributed by atoms with Crippen molar-refractivity contribution in [1.82, 2.24) is 4.98 Å². The Morgan fingerprint density at radius 2 is 2.14 bits per heavy atom. The molecule has 0 aromatic carbocycles. The van der Waals surface area contributed by atoms with Gasteiger partial charge in [0, 0.05) is 17.8 Å². The summed E-state index contributed by atoms with van der Waals surface area (Å²) in [5, 5.41) is 12.2. The van der Waals surface area contributed by atoms with Crippen LogP contribution < -0.4 is 5.32 Å². The Bertz CT molecular complexity index is 297. The number of aliphatic hydroxyl groups excluding tert-OH is 1. The molecule has 1 aromatic rings. The average molecular weight is 194 g/mol. The fraction of sp³-hybridized carbons (Fsp3) is 0.545. The van der Waals surface area contributed by atoms with Crippen LogP contribution >= 0.6 is 0 Å². The molecule has 0 aliphatic carbocycles. The number of anilines is 1. The third-order valence-corrected chi connectivity index (χ3v) is 2.09. The molecule has 3 nitrogen and oxygen atoms in total. The molecule has 0 unspecified atom stereocenters. The van der Waals surface area contributed by atoms with Crippen molar-refractivity contribution < 1.29 is 5.11 Å². The highest BCUT2D eigenvalue weighted by atomic mass is 16.3. The van der Waals surface area contributed by atoms with Gasteiger partial charge in [-0.25, -0.2) is 4.98 Å². The highest BCUT2D eigenvalue weighted by Gasteiger charge is 2.16. The van der Waals surface area contributed by atoms with E-state index in [4.69, 9.17) is 5.11 Å². The van der Waals surface area contributed by atoms with E-state index in [9.17, 15) is 0 Å². The van der Waals surface area contributed by atoms with E-state index in [1.807, 2.05) is 39.0 Å². The lowest BCUT2D eigenvalue weighted by Crippen LogP contribution is -2.32. The van der Waals surface area contributed by atoms with Gasteiger partial charge in [-0.1, -0.05) is 6.07 Å². The summed E-state index contributed by atoms with van der Waals surface area (Å²) in [5.41, 5.74) is 0.880. The van der Waals surface area contributed by atoms with E-state index in [1.165, 1.54) is 0 Å². The number of pyridine rings is 1. The standard InChI is InChI=1S/C11H18N2O/c1-9-5-4-6-10(12-9)13-11(2,3)7-8-14/h4-6,14H,7-8H2,1-3H3,(H,12,13). The summed E-state index contributed by atoms with van der Waals surface area (Å²) < 4.78 is 0. The molecule has 0 spiro atoms. The van der Waals surface area contributed by atoms with Crippen LogP contribution in [0, 0.1) is 6.92 Å². The van der Waals surface area contributed by atoms with Gasteiger partial charge in [0.1, 0.15) is 5.82 Å². The lowest BCUT2D eigenvalue weighted by Gasteiger charge is -2.26. The van der Waals surface area contributed by atoms with Crippen LogP contribution in [0.4, 0.5) is 5.82 Å². The van der Waals surface area contributed by atoms with Gasteiger partial charge in [0.25, 0.3) is 0 Å². The molecule has 3 heteroatoms. The fourth-order valence-electron chi connectivity index (χ4n) is 1.30. The minimum Gasteiger partial charge on any atom is -0.396 e. The molecule has 0 saturated carbocycles. The van der Waals surface area contributed by atoms with Crippen LogP contribution in [0.5, 0.6) is 0 Å². The number of hydrogen-bond acceptors (Lipinski definition) is 3. The van der Waals surface area contributed by atoms with E-state index in [1.54, 1.807) is 0 Å². The maximum Gasteiger partial charge on any atom is 0.126 e. The normalized spacial score (nSPS) is 11.4. The van der Waals surface area contributed by atoms with Gasteiger partial charge in [-0.15, -0.1) is 0 Å². The first-order chi connectivity index (χ1) is 6.53. The molecule has 0 radical (unpaired) electrons. The van der Waals surface area contributed by atoms with Crippen LogP contribution in [0.1, 0.15) is 26.0 Å². The Kier molecular flexibility index (Phi) is 3.47. The number of rotatable bonds is 4. The van der Waals surface area contributed by atoms with Crippen molar-refractivity contribution in [3.63, 3.8) is 0 Å². The van der Waals surface area contributed by atoms with Crippen LogP contribution in [0.3, 0.4) is 0 Å². The lowest BCUT2D eigenvalue weighted by molar-refractivity contribution is 0.260. The fourth-order valence-corrected chi connectivity index (χ4v) is 1.30. The Morgan fingerprint density at radius 3 is 2.71 bits per heavy atom. The van der Waals surface area contributed by atoms with Gasteiger partial charge in [0.05, 0.1) is 0 Å². The molecule has 1 heterocycles. The SMILES string of the molecule is Cc1cccc(NC(C)(C)CCO)n1. The van der Waals surface area contributed by atoms with Crippen molar-refractivity contribution in [3.8, 4) is 0 Å². The Balaban J connectivity index is 2.68. The van der Waals surface area contributed by atoms with Crippen molar-refractivity contribution in [1.29, 1.82) is 0 Å². The third kappa shape index (κ3) is 3.34. The highest BCUT2D eigenvalue weighted by Crippen LogP contribution is 2.15. The van der Waals surface area contributed by atoms with Gasteiger partial charge >= 0.3 is 0 Å².